The second-order valence-corrected chi connectivity index (χ2v) is 8.37. The zero-order valence-corrected chi connectivity index (χ0v) is 13.9. The number of benzene rings is 1. The monoisotopic (exact) mass is 364 g/mol. The molecule has 2 N–H and O–H groups in total. The predicted molar refractivity (Wildman–Crippen MR) is 82.9 cm³/mol. The van der Waals surface area contributed by atoms with Crippen LogP contribution in [-0.2, 0) is 16.6 Å². The van der Waals surface area contributed by atoms with E-state index >= 15 is 0 Å². The van der Waals surface area contributed by atoms with Crippen LogP contribution in [-0.4, -0.2) is 37.3 Å². The average Bonchev–Trinajstić information content (AvgIpc) is 2.42. The summed E-state index contributed by atoms with van der Waals surface area (Å²) in [6, 6.07) is 3.59. The van der Waals surface area contributed by atoms with Crippen LogP contribution >= 0.6 is 27.7 Å². The van der Waals surface area contributed by atoms with E-state index in [-0.39, 0.29) is 0 Å². The van der Waals surface area contributed by atoms with E-state index in [9.17, 15) is 8.42 Å². The second-order valence-electron chi connectivity index (χ2n) is 4.45. The molecule has 1 fully saturated rings. The fourth-order valence-electron chi connectivity index (χ4n) is 2.04. The first-order valence-corrected chi connectivity index (χ1v) is 9.42. The number of aryl methyl sites for hydroxylation is 1. The first kappa shape index (κ1) is 15.3. The third-order valence-electron chi connectivity index (χ3n) is 3.10. The van der Waals surface area contributed by atoms with Crippen LogP contribution in [0.3, 0.4) is 0 Å². The number of hydrogen-bond acceptors (Lipinski definition) is 4. The minimum atomic E-state index is -3.43. The van der Waals surface area contributed by atoms with Crippen molar-refractivity contribution in [2.75, 3.05) is 24.6 Å². The van der Waals surface area contributed by atoms with Crippen LogP contribution < -0.4 is 5.73 Å². The van der Waals surface area contributed by atoms with E-state index in [0.29, 0.717) is 29.0 Å². The van der Waals surface area contributed by atoms with E-state index in [4.69, 9.17) is 5.73 Å². The minimum absolute atomic E-state index is 0.333. The molecule has 1 aromatic rings. The van der Waals surface area contributed by atoms with Crippen LogP contribution in [0.4, 0.5) is 0 Å². The zero-order valence-electron chi connectivity index (χ0n) is 10.7. The normalized spacial score (nSPS) is 17.6. The lowest BCUT2D eigenvalue weighted by Gasteiger charge is -2.26. The Morgan fingerprint density at radius 1 is 1.37 bits per heavy atom. The molecule has 0 aliphatic carbocycles. The Morgan fingerprint density at radius 2 is 2.00 bits per heavy atom. The molecule has 0 atom stereocenters. The van der Waals surface area contributed by atoms with E-state index in [1.54, 1.807) is 22.1 Å². The molecule has 0 unspecified atom stereocenters. The molecular weight excluding hydrogens is 348 g/mol. The molecule has 1 heterocycles. The summed E-state index contributed by atoms with van der Waals surface area (Å²) in [6.45, 7) is 3.37. The van der Waals surface area contributed by atoms with Gasteiger partial charge in [-0.25, -0.2) is 8.42 Å². The quantitative estimate of drug-likeness (QED) is 0.890. The number of rotatable bonds is 3. The van der Waals surface area contributed by atoms with Crippen molar-refractivity contribution in [1.82, 2.24) is 4.31 Å². The van der Waals surface area contributed by atoms with Gasteiger partial charge in [-0.15, -0.1) is 0 Å². The molecule has 1 aliphatic rings. The molecule has 2 rings (SSSR count). The summed E-state index contributed by atoms with van der Waals surface area (Å²) < 4.78 is 27.5. The van der Waals surface area contributed by atoms with Crippen molar-refractivity contribution in [3.8, 4) is 0 Å². The van der Waals surface area contributed by atoms with Gasteiger partial charge in [-0.3, -0.25) is 0 Å². The van der Waals surface area contributed by atoms with Crippen LogP contribution in [0.15, 0.2) is 21.5 Å². The smallest absolute Gasteiger partial charge is 0.244 e. The summed E-state index contributed by atoms with van der Waals surface area (Å²) in [5.74, 6) is 1.71. The summed E-state index contributed by atoms with van der Waals surface area (Å²) in [5.41, 5.74) is 7.37. The van der Waals surface area contributed by atoms with Gasteiger partial charge < -0.3 is 5.73 Å². The lowest BCUT2D eigenvalue weighted by atomic mass is 10.1. The summed E-state index contributed by atoms with van der Waals surface area (Å²) >= 11 is 5.18. The Hall–Kier alpha value is -0.0800. The molecule has 1 aromatic carbocycles. The standard InChI is InChI=1S/C12H17BrN2O2S2/c1-9-6-10(8-14)7-11(12(9)13)19(16,17)15-2-4-18-5-3-15/h6-7H,2-5,8,14H2,1H3. The average molecular weight is 365 g/mol. The fraction of sp³-hybridized carbons (Fsp3) is 0.500. The Labute approximate surface area is 126 Å². The van der Waals surface area contributed by atoms with Gasteiger partial charge in [0.1, 0.15) is 0 Å². The Kier molecular flexibility index (Phi) is 4.94. The largest absolute Gasteiger partial charge is 0.326 e. The molecule has 0 saturated carbocycles. The molecule has 0 bridgehead atoms. The summed E-state index contributed by atoms with van der Waals surface area (Å²) in [4.78, 5) is 0.333. The van der Waals surface area contributed by atoms with Gasteiger partial charge in [0.05, 0.1) is 4.90 Å². The SMILES string of the molecule is Cc1cc(CN)cc(S(=O)(=O)N2CCSCC2)c1Br. The van der Waals surface area contributed by atoms with Gasteiger partial charge in [-0.2, -0.15) is 16.1 Å². The molecule has 106 valence electrons. The number of hydrogen-bond donors (Lipinski definition) is 1. The minimum Gasteiger partial charge on any atom is -0.326 e. The fourth-order valence-corrected chi connectivity index (χ4v) is 5.65. The van der Waals surface area contributed by atoms with Crippen LogP contribution in [0, 0.1) is 6.92 Å². The molecule has 0 radical (unpaired) electrons. The van der Waals surface area contributed by atoms with Crippen molar-refractivity contribution in [3.63, 3.8) is 0 Å². The number of thioether (sulfide) groups is 1. The van der Waals surface area contributed by atoms with Gasteiger partial charge in [0, 0.05) is 35.6 Å². The van der Waals surface area contributed by atoms with Gasteiger partial charge in [0.15, 0.2) is 0 Å². The van der Waals surface area contributed by atoms with Crippen molar-refractivity contribution in [2.24, 2.45) is 5.73 Å². The lowest BCUT2D eigenvalue weighted by molar-refractivity contribution is 0.443. The highest BCUT2D eigenvalue weighted by atomic mass is 79.9. The number of nitrogens with two attached hydrogens (primary N) is 1. The third kappa shape index (κ3) is 3.16. The molecule has 0 aromatic heterocycles. The van der Waals surface area contributed by atoms with Crippen LogP contribution in [0.2, 0.25) is 0 Å². The van der Waals surface area contributed by atoms with Crippen molar-refractivity contribution < 1.29 is 8.42 Å². The molecule has 1 saturated heterocycles. The highest BCUT2D eigenvalue weighted by molar-refractivity contribution is 9.10. The highest BCUT2D eigenvalue weighted by Gasteiger charge is 2.28. The summed E-state index contributed by atoms with van der Waals surface area (Å²) in [6.07, 6.45) is 0. The molecule has 0 amide bonds. The summed E-state index contributed by atoms with van der Waals surface area (Å²) in [5, 5.41) is 0. The third-order valence-corrected chi connectivity index (χ3v) is 7.28. The van der Waals surface area contributed by atoms with Gasteiger partial charge in [0.2, 0.25) is 10.0 Å². The van der Waals surface area contributed by atoms with Crippen molar-refractivity contribution in [1.29, 1.82) is 0 Å². The Bertz CT molecular complexity index is 569. The van der Waals surface area contributed by atoms with Crippen LogP contribution in [0.5, 0.6) is 0 Å². The van der Waals surface area contributed by atoms with Gasteiger partial charge in [-0.05, 0) is 40.0 Å². The van der Waals surface area contributed by atoms with Crippen molar-refractivity contribution in [2.45, 2.75) is 18.4 Å². The maximum Gasteiger partial charge on any atom is 0.244 e. The van der Waals surface area contributed by atoms with Gasteiger partial charge in [0.25, 0.3) is 0 Å². The highest BCUT2D eigenvalue weighted by Crippen LogP contribution is 2.30. The molecule has 4 nitrogen and oxygen atoms in total. The molecule has 19 heavy (non-hydrogen) atoms. The first-order chi connectivity index (χ1) is 8.96. The maximum absolute atomic E-state index is 12.7. The Balaban J connectivity index is 2.47. The van der Waals surface area contributed by atoms with Gasteiger partial charge >= 0.3 is 0 Å². The van der Waals surface area contributed by atoms with E-state index < -0.39 is 10.0 Å². The zero-order chi connectivity index (χ0) is 14.0. The maximum atomic E-state index is 12.7. The molecule has 7 heteroatoms. The number of halogens is 1. The van der Waals surface area contributed by atoms with Crippen molar-refractivity contribution >= 4 is 37.7 Å². The summed E-state index contributed by atoms with van der Waals surface area (Å²) in [7, 11) is -3.43. The molecule has 0 spiro atoms. The van der Waals surface area contributed by atoms with E-state index in [1.807, 2.05) is 13.0 Å². The molecule has 1 aliphatic heterocycles. The van der Waals surface area contributed by atoms with Crippen molar-refractivity contribution in [3.05, 3.63) is 27.7 Å². The topological polar surface area (TPSA) is 63.4 Å². The lowest BCUT2D eigenvalue weighted by Crippen LogP contribution is -2.38. The predicted octanol–water partition coefficient (Wildman–Crippen LogP) is 1.95. The Morgan fingerprint density at radius 3 is 2.58 bits per heavy atom. The van der Waals surface area contributed by atoms with Gasteiger partial charge in [-0.1, -0.05) is 6.07 Å². The first-order valence-electron chi connectivity index (χ1n) is 6.04. The van der Waals surface area contributed by atoms with E-state index in [1.165, 1.54) is 0 Å². The van der Waals surface area contributed by atoms with E-state index in [0.717, 1.165) is 22.6 Å². The van der Waals surface area contributed by atoms with E-state index in [2.05, 4.69) is 15.9 Å². The van der Waals surface area contributed by atoms with Crippen LogP contribution in [0.1, 0.15) is 11.1 Å². The second kappa shape index (κ2) is 6.13. The van der Waals surface area contributed by atoms with Crippen LogP contribution in [0.25, 0.3) is 0 Å². The molecular formula is C12H17BrN2O2S2. The number of sulfonamides is 1. The number of nitrogens with zero attached hydrogens (tertiary/aromatic N) is 1.